The summed E-state index contributed by atoms with van der Waals surface area (Å²) in [5.41, 5.74) is 1.04. The molecular weight excluding hydrogens is 428 g/mol. The minimum Gasteiger partial charge on any atom is -0.494 e. The van der Waals surface area contributed by atoms with Gasteiger partial charge < -0.3 is 19.1 Å². The van der Waals surface area contributed by atoms with Crippen LogP contribution in [0.1, 0.15) is 70.7 Å². The molecule has 1 saturated carbocycles. The minimum atomic E-state index is 0.182. The Morgan fingerprint density at radius 1 is 1.18 bits per heavy atom. The number of carbonyl (C=O) groups excluding carboxylic acids is 1. The highest BCUT2D eigenvalue weighted by atomic mass is 16.5. The van der Waals surface area contributed by atoms with Crippen molar-refractivity contribution in [3.8, 4) is 5.75 Å². The van der Waals surface area contributed by atoms with Crippen molar-refractivity contribution >= 4 is 11.9 Å². The van der Waals surface area contributed by atoms with Crippen LogP contribution in [0.4, 0.5) is 6.01 Å². The summed E-state index contributed by atoms with van der Waals surface area (Å²) in [5.74, 6) is 4.60. The third kappa shape index (κ3) is 6.10. The maximum Gasteiger partial charge on any atom is 0.324 e. The SMILES string of the molecule is CCN(CC)C(=O)Cc1ccc(OCCC2CC2C2CCN(c3nc(C(C)C)no3)CC2)cc1. The second kappa shape index (κ2) is 11.2. The summed E-state index contributed by atoms with van der Waals surface area (Å²) in [6.45, 7) is 12.5. The Morgan fingerprint density at radius 3 is 2.50 bits per heavy atom. The van der Waals surface area contributed by atoms with Gasteiger partial charge in [-0.25, -0.2) is 0 Å². The lowest BCUT2D eigenvalue weighted by Gasteiger charge is -2.30. The Bertz CT molecular complexity index is 914. The quantitative estimate of drug-likeness (QED) is 0.466. The maximum absolute atomic E-state index is 12.3. The Morgan fingerprint density at radius 2 is 1.88 bits per heavy atom. The highest BCUT2D eigenvalue weighted by molar-refractivity contribution is 5.78. The smallest absolute Gasteiger partial charge is 0.324 e. The lowest BCUT2D eigenvalue weighted by atomic mass is 9.90. The first-order valence-electron chi connectivity index (χ1n) is 13.1. The molecule has 0 radical (unpaired) electrons. The first kappa shape index (κ1) is 24.6. The Kier molecular flexibility index (Phi) is 8.11. The van der Waals surface area contributed by atoms with E-state index < -0.39 is 0 Å². The fraction of sp³-hybridized carbons (Fsp3) is 0.667. The van der Waals surface area contributed by atoms with Crippen molar-refractivity contribution in [3.05, 3.63) is 35.7 Å². The Labute approximate surface area is 203 Å². The number of aromatic nitrogens is 2. The van der Waals surface area contributed by atoms with Gasteiger partial charge in [-0.05, 0) is 75.0 Å². The molecule has 7 nitrogen and oxygen atoms in total. The average molecular weight is 469 g/mol. The predicted octanol–water partition coefficient (Wildman–Crippen LogP) is 4.93. The number of likely N-dealkylation sites (N-methyl/N-ethyl adjacent to an activating group) is 1. The first-order chi connectivity index (χ1) is 16.5. The molecule has 1 aromatic carbocycles. The minimum absolute atomic E-state index is 0.182. The number of hydrogen-bond donors (Lipinski definition) is 0. The number of piperidine rings is 1. The third-order valence-corrected chi connectivity index (χ3v) is 7.49. The van der Waals surface area contributed by atoms with Gasteiger partial charge in [0.1, 0.15) is 5.75 Å². The molecule has 34 heavy (non-hydrogen) atoms. The summed E-state index contributed by atoms with van der Waals surface area (Å²) in [6, 6.07) is 8.70. The topological polar surface area (TPSA) is 71.7 Å². The number of ether oxygens (including phenoxy) is 1. The van der Waals surface area contributed by atoms with Gasteiger partial charge in [-0.15, -0.1) is 0 Å². The number of nitrogens with zero attached hydrogens (tertiary/aromatic N) is 4. The van der Waals surface area contributed by atoms with Crippen LogP contribution in [-0.4, -0.2) is 53.7 Å². The van der Waals surface area contributed by atoms with E-state index in [1.807, 2.05) is 43.0 Å². The number of amides is 1. The number of carbonyl (C=O) groups is 1. The Balaban J connectivity index is 1.14. The average Bonchev–Trinajstić information content (AvgIpc) is 3.43. The van der Waals surface area contributed by atoms with Crippen molar-refractivity contribution in [3.63, 3.8) is 0 Å². The molecule has 2 aliphatic rings. The second-order valence-electron chi connectivity index (χ2n) is 10.1. The van der Waals surface area contributed by atoms with Gasteiger partial charge in [-0.1, -0.05) is 31.1 Å². The molecule has 0 N–H and O–H groups in total. The normalized spacial score (nSPS) is 20.6. The number of hydrogen-bond acceptors (Lipinski definition) is 6. The molecule has 2 atom stereocenters. The van der Waals surface area contributed by atoms with E-state index in [4.69, 9.17) is 9.26 Å². The van der Waals surface area contributed by atoms with Crippen molar-refractivity contribution in [2.24, 2.45) is 17.8 Å². The molecule has 1 amide bonds. The molecule has 186 valence electrons. The lowest BCUT2D eigenvalue weighted by Crippen LogP contribution is -2.34. The number of rotatable bonds is 11. The second-order valence-corrected chi connectivity index (χ2v) is 10.1. The lowest BCUT2D eigenvalue weighted by molar-refractivity contribution is -0.130. The summed E-state index contributed by atoms with van der Waals surface area (Å²) >= 11 is 0. The molecule has 0 bridgehead atoms. The summed E-state index contributed by atoms with van der Waals surface area (Å²) in [5, 5.41) is 4.10. The van der Waals surface area contributed by atoms with Crippen LogP contribution >= 0.6 is 0 Å². The maximum atomic E-state index is 12.3. The van der Waals surface area contributed by atoms with E-state index in [1.165, 1.54) is 19.3 Å². The van der Waals surface area contributed by atoms with Gasteiger partial charge in [-0.3, -0.25) is 4.79 Å². The van der Waals surface area contributed by atoms with E-state index in [9.17, 15) is 4.79 Å². The molecule has 1 saturated heterocycles. The van der Waals surface area contributed by atoms with Crippen LogP contribution in [0.3, 0.4) is 0 Å². The highest BCUT2D eigenvalue weighted by Crippen LogP contribution is 2.50. The summed E-state index contributed by atoms with van der Waals surface area (Å²) in [4.78, 5) is 20.9. The van der Waals surface area contributed by atoms with Gasteiger partial charge in [0.15, 0.2) is 5.82 Å². The molecule has 7 heteroatoms. The third-order valence-electron chi connectivity index (χ3n) is 7.49. The van der Waals surface area contributed by atoms with E-state index in [1.54, 1.807) is 0 Å². The molecule has 1 aliphatic carbocycles. The monoisotopic (exact) mass is 468 g/mol. The Hall–Kier alpha value is -2.57. The molecule has 2 aromatic rings. The van der Waals surface area contributed by atoms with Crippen molar-refractivity contribution < 1.29 is 14.1 Å². The summed E-state index contributed by atoms with van der Waals surface area (Å²) in [7, 11) is 0. The van der Waals surface area contributed by atoms with Gasteiger partial charge in [0.05, 0.1) is 13.0 Å². The van der Waals surface area contributed by atoms with Crippen LogP contribution in [-0.2, 0) is 11.2 Å². The van der Waals surface area contributed by atoms with Crippen molar-refractivity contribution in [2.45, 2.75) is 65.7 Å². The van der Waals surface area contributed by atoms with Gasteiger partial charge in [0.25, 0.3) is 0 Å². The van der Waals surface area contributed by atoms with Crippen molar-refractivity contribution in [2.75, 3.05) is 37.7 Å². The zero-order chi connectivity index (χ0) is 24.1. The largest absolute Gasteiger partial charge is 0.494 e. The fourth-order valence-corrected chi connectivity index (χ4v) is 5.18. The fourth-order valence-electron chi connectivity index (χ4n) is 5.18. The molecule has 2 unspecified atom stereocenters. The molecule has 1 aromatic heterocycles. The van der Waals surface area contributed by atoms with Crippen molar-refractivity contribution in [1.29, 1.82) is 0 Å². The standard InChI is InChI=1S/C27H40N4O3/c1-5-30(6-2)25(32)17-20-7-9-23(10-8-20)33-16-13-22-18-24(22)21-11-14-31(15-12-21)27-28-26(19(3)4)29-34-27/h7-10,19,21-22,24H,5-6,11-18H2,1-4H3. The van der Waals surface area contributed by atoms with E-state index in [2.05, 4.69) is 28.9 Å². The van der Waals surface area contributed by atoms with Crippen LogP contribution in [0.5, 0.6) is 5.75 Å². The van der Waals surface area contributed by atoms with Crippen LogP contribution in [0.25, 0.3) is 0 Å². The van der Waals surface area contributed by atoms with Crippen LogP contribution in [0, 0.1) is 17.8 Å². The summed E-state index contributed by atoms with van der Waals surface area (Å²) in [6.07, 6.45) is 5.31. The molecule has 2 fully saturated rings. The zero-order valence-electron chi connectivity index (χ0n) is 21.2. The van der Waals surface area contributed by atoms with Gasteiger partial charge >= 0.3 is 6.01 Å². The molecule has 0 spiro atoms. The molecule has 1 aliphatic heterocycles. The van der Waals surface area contributed by atoms with Crippen LogP contribution in [0.2, 0.25) is 0 Å². The van der Waals surface area contributed by atoms with Crippen LogP contribution in [0.15, 0.2) is 28.8 Å². The number of benzene rings is 1. The predicted molar refractivity (Wildman–Crippen MR) is 133 cm³/mol. The van der Waals surface area contributed by atoms with Gasteiger partial charge in [-0.2, -0.15) is 4.98 Å². The van der Waals surface area contributed by atoms with Crippen LogP contribution < -0.4 is 9.64 Å². The molecule has 2 heterocycles. The summed E-state index contributed by atoms with van der Waals surface area (Å²) < 4.78 is 11.5. The van der Waals surface area contributed by atoms with Crippen molar-refractivity contribution in [1.82, 2.24) is 15.0 Å². The van der Waals surface area contributed by atoms with E-state index in [-0.39, 0.29) is 5.91 Å². The number of anilines is 1. The zero-order valence-corrected chi connectivity index (χ0v) is 21.2. The van der Waals surface area contributed by atoms with E-state index in [0.29, 0.717) is 18.4 Å². The first-order valence-corrected chi connectivity index (χ1v) is 13.1. The van der Waals surface area contributed by atoms with E-state index >= 15 is 0 Å². The molecule has 4 rings (SSSR count). The highest BCUT2D eigenvalue weighted by Gasteiger charge is 2.43. The molecular formula is C27H40N4O3. The van der Waals surface area contributed by atoms with Gasteiger partial charge in [0.2, 0.25) is 5.91 Å². The van der Waals surface area contributed by atoms with Gasteiger partial charge in [0, 0.05) is 32.1 Å². The van der Waals surface area contributed by atoms with E-state index in [0.717, 1.165) is 74.1 Å².